The predicted octanol–water partition coefficient (Wildman–Crippen LogP) is 3.37. The van der Waals surface area contributed by atoms with Crippen molar-refractivity contribution < 1.29 is 9.53 Å². The van der Waals surface area contributed by atoms with Crippen molar-refractivity contribution in [3.63, 3.8) is 0 Å². The van der Waals surface area contributed by atoms with E-state index in [9.17, 15) is 4.79 Å². The van der Waals surface area contributed by atoms with Crippen LogP contribution in [0.4, 0.5) is 0 Å². The lowest BCUT2D eigenvalue weighted by Gasteiger charge is -2.32. The highest BCUT2D eigenvalue weighted by atomic mass is 32.2. The molecule has 2 heterocycles. The minimum absolute atomic E-state index is 0.0427. The van der Waals surface area contributed by atoms with Crippen LogP contribution in [0.2, 0.25) is 0 Å². The smallest absolute Gasteiger partial charge is 0.236 e. The molecule has 4 rings (SSSR count). The number of aromatic nitrogens is 3. The van der Waals surface area contributed by atoms with Gasteiger partial charge >= 0.3 is 0 Å². The Morgan fingerprint density at radius 3 is 2.57 bits per heavy atom. The van der Waals surface area contributed by atoms with Gasteiger partial charge in [0.15, 0.2) is 0 Å². The molecule has 2 N–H and O–H groups in total. The highest BCUT2D eigenvalue weighted by molar-refractivity contribution is 8.00. The van der Waals surface area contributed by atoms with Crippen molar-refractivity contribution in [3.05, 3.63) is 71.0 Å². The number of ether oxygens (including phenoxy) is 1. The normalized spacial score (nSPS) is 17.7. The quantitative estimate of drug-likeness (QED) is 0.633. The average Bonchev–Trinajstić information content (AvgIpc) is 3.13. The fourth-order valence-electron chi connectivity index (χ4n) is 3.34. The summed E-state index contributed by atoms with van der Waals surface area (Å²) < 4.78 is 7.39. The molecule has 1 aliphatic rings. The van der Waals surface area contributed by atoms with E-state index >= 15 is 0 Å². The van der Waals surface area contributed by atoms with Crippen molar-refractivity contribution in [2.45, 2.75) is 43.8 Å². The summed E-state index contributed by atoms with van der Waals surface area (Å²) in [5.74, 6) is 1.53. The van der Waals surface area contributed by atoms with Gasteiger partial charge in [-0.25, -0.2) is 4.68 Å². The Morgan fingerprint density at radius 2 is 1.87 bits per heavy atom. The van der Waals surface area contributed by atoms with E-state index in [0.29, 0.717) is 18.3 Å². The second-order valence-corrected chi connectivity index (χ2v) is 8.32. The molecule has 1 aromatic heterocycles. The number of benzene rings is 2. The molecule has 7 nitrogen and oxygen atoms in total. The number of carbonyl (C=O) groups excluding carboxylic acids is 1. The van der Waals surface area contributed by atoms with Crippen molar-refractivity contribution in [2.24, 2.45) is 0 Å². The summed E-state index contributed by atoms with van der Waals surface area (Å²) in [4.78, 5) is 13.2. The van der Waals surface area contributed by atoms with Gasteiger partial charge < -0.3 is 15.5 Å². The fraction of sp³-hybridized carbons (Fsp3) is 0.318. The van der Waals surface area contributed by atoms with Crippen LogP contribution in [-0.2, 0) is 11.3 Å². The van der Waals surface area contributed by atoms with Gasteiger partial charge in [-0.15, -0.1) is 10.2 Å². The van der Waals surface area contributed by atoms with Gasteiger partial charge in [-0.2, -0.15) is 0 Å². The van der Waals surface area contributed by atoms with Gasteiger partial charge in [0.1, 0.15) is 16.8 Å². The van der Waals surface area contributed by atoms with E-state index in [0.717, 1.165) is 22.7 Å². The maximum absolute atomic E-state index is 13.2. The number of hydrogen-bond donors (Lipinski definition) is 2. The molecule has 0 saturated carbocycles. The van der Waals surface area contributed by atoms with Crippen molar-refractivity contribution in [1.29, 1.82) is 0 Å². The molecule has 8 heteroatoms. The number of nitrogens with zero attached hydrogens (tertiary/aromatic N) is 3. The van der Waals surface area contributed by atoms with Gasteiger partial charge in [0, 0.05) is 6.54 Å². The summed E-state index contributed by atoms with van der Waals surface area (Å²) in [5.41, 5.74) is 6.68. The van der Waals surface area contributed by atoms with Crippen LogP contribution in [0.25, 0.3) is 0 Å². The zero-order valence-electron chi connectivity index (χ0n) is 17.3. The van der Waals surface area contributed by atoms with E-state index in [1.54, 1.807) is 0 Å². The molecule has 0 unspecified atom stereocenters. The fourth-order valence-corrected chi connectivity index (χ4v) is 4.49. The molecular formula is C22H25N5O2S. The third kappa shape index (κ3) is 4.28. The summed E-state index contributed by atoms with van der Waals surface area (Å²) in [5, 5.41) is 11.7. The summed E-state index contributed by atoms with van der Waals surface area (Å²) in [6, 6.07) is 15.8. The summed E-state index contributed by atoms with van der Waals surface area (Å²) >= 11 is 1.42. The number of nitrogens with one attached hydrogen (secondary N) is 2. The largest absolute Gasteiger partial charge is 0.494 e. The SMILES string of the molecule is CCOc1ccc([C@H]2Nn3c(C)nnc3S[C@@H]2C(=O)NCc2ccc(C)cc2)cc1. The van der Waals surface area contributed by atoms with Crippen LogP contribution in [0, 0.1) is 13.8 Å². The summed E-state index contributed by atoms with van der Waals surface area (Å²) in [6.07, 6.45) is 0. The van der Waals surface area contributed by atoms with E-state index in [2.05, 4.69) is 20.9 Å². The van der Waals surface area contributed by atoms with Crippen LogP contribution < -0.4 is 15.5 Å². The third-order valence-corrected chi connectivity index (χ3v) is 6.21. The number of thioether (sulfide) groups is 1. The topological polar surface area (TPSA) is 81.1 Å². The van der Waals surface area contributed by atoms with Crippen molar-refractivity contribution >= 4 is 17.7 Å². The first-order valence-corrected chi connectivity index (χ1v) is 10.8. The summed E-state index contributed by atoms with van der Waals surface area (Å²) in [7, 11) is 0. The van der Waals surface area contributed by atoms with Crippen molar-refractivity contribution in [2.75, 3.05) is 12.0 Å². The third-order valence-electron chi connectivity index (χ3n) is 4.99. The molecule has 30 heavy (non-hydrogen) atoms. The maximum atomic E-state index is 13.2. The molecule has 0 bridgehead atoms. The molecule has 1 amide bonds. The lowest BCUT2D eigenvalue weighted by molar-refractivity contribution is -0.121. The van der Waals surface area contributed by atoms with Gasteiger partial charge in [-0.3, -0.25) is 4.79 Å². The van der Waals surface area contributed by atoms with Gasteiger partial charge in [-0.1, -0.05) is 53.7 Å². The van der Waals surface area contributed by atoms with Crippen LogP contribution in [0.15, 0.2) is 53.7 Å². The number of amides is 1. The van der Waals surface area contributed by atoms with Crippen molar-refractivity contribution in [1.82, 2.24) is 20.2 Å². The highest BCUT2D eigenvalue weighted by Crippen LogP contribution is 2.37. The van der Waals surface area contributed by atoms with Crippen LogP contribution >= 0.6 is 11.8 Å². The van der Waals surface area contributed by atoms with Gasteiger partial charge in [-0.05, 0) is 44.0 Å². The molecule has 3 aromatic rings. The Kier molecular flexibility index (Phi) is 5.94. The number of carbonyl (C=O) groups is 1. The Bertz CT molecular complexity index is 1020. The van der Waals surface area contributed by atoms with Crippen LogP contribution in [0.3, 0.4) is 0 Å². The van der Waals surface area contributed by atoms with E-state index < -0.39 is 0 Å². The second-order valence-electron chi connectivity index (χ2n) is 7.22. The predicted molar refractivity (Wildman–Crippen MR) is 117 cm³/mol. The molecule has 0 radical (unpaired) electrons. The highest BCUT2D eigenvalue weighted by Gasteiger charge is 2.37. The Balaban J connectivity index is 1.55. The molecule has 0 fully saturated rings. The minimum Gasteiger partial charge on any atom is -0.494 e. The Hall–Kier alpha value is -3.00. The average molecular weight is 424 g/mol. The van der Waals surface area contributed by atoms with Gasteiger partial charge in [0.2, 0.25) is 11.1 Å². The molecule has 156 valence electrons. The number of aryl methyl sites for hydroxylation is 2. The van der Waals surface area contributed by atoms with Crippen LogP contribution in [-0.4, -0.2) is 32.6 Å². The first-order valence-electron chi connectivity index (χ1n) is 9.96. The van der Waals surface area contributed by atoms with E-state index in [4.69, 9.17) is 4.74 Å². The van der Waals surface area contributed by atoms with Gasteiger partial charge in [0.05, 0.1) is 12.6 Å². The molecule has 2 aromatic carbocycles. The molecule has 0 spiro atoms. The monoisotopic (exact) mass is 423 g/mol. The van der Waals surface area contributed by atoms with Crippen LogP contribution in [0.1, 0.15) is 35.5 Å². The number of rotatable bonds is 6. The maximum Gasteiger partial charge on any atom is 0.236 e. The van der Waals surface area contributed by atoms with Crippen LogP contribution in [0.5, 0.6) is 5.75 Å². The van der Waals surface area contributed by atoms with E-state index in [1.807, 2.05) is 74.0 Å². The molecular weight excluding hydrogens is 398 g/mol. The van der Waals surface area contributed by atoms with E-state index in [-0.39, 0.29) is 17.2 Å². The van der Waals surface area contributed by atoms with E-state index in [1.165, 1.54) is 17.3 Å². The van der Waals surface area contributed by atoms with Gasteiger partial charge in [0.25, 0.3) is 0 Å². The molecule has 1 aliphatic heterocycles. The zero-order valence-corrected chi connectivity index (χ0v) is 18.1. The number of hydrogen-bond acceptors (Lipinski definition) is 6. The molecule has 0 aliphatic carbocycles. The number of fused-ring (bicyclic) bond motifs is 1. The molecule has 2 atom stereocenters. The zero-order chi connectivity index (χ0) is 21.1. The standard InChI is InChI=1S/C22H25N5O2S/c1-4-29-18-11-9-17(10-12-18)19-20(30-22-25-24-15(3)27(22)26-19)21(28)23-13-16-7-5-14(2)6-8-16/h5-12,19-20,26H,4,13H2,1-3H3,(H,23,28)/t19-,20+/m1/s1. The Labute approximate surface area is 180 Å². The first kappa shape index (κ1) is 20.3. The minimum atomic E-state index is -0.385. The first-order chi connectivity index (χ1) is 14.5. The lowest BCUT2D eigenvalue weighted by atomic mass is 10.0. The molecule has 0 saturated heterocycles. The van der Waals surface area contributed by atoms with Crippen molar-refractivity contribution in [3.8, 4) is 5.75 Å². The summed E-state index contributed by atoms with van der Waals surface area (Å²) in [6.45, 7) is 6.99. The second kappa shape index (κ2) is 8.79. The lowest BCUT2D eigenvalue weighted by Crippen LogP contribution is -2.44. The Morgan fingerprint density at radius 1 is 1.13 bits per heavy atom.